The number of rotatable bonds is 6. The fourth-order valence-electron chi connectivity index (χ4n) is 1.33. The molecule has 1 rings (SSSR count). The first kappa shape index (κ1) is 14.8. The van der Waals surface area contributed by atoms with Crippen LogP contribution in [0.25, 0.3) is 0 Å². The Kier molecular flexibility index (Phi) is 5.92. The minimum atomic E-state index is -0.228. The summed E-state index contributed by atoms with van der Waals surface area (Å²) in [5.41, 5.74) is 0.276. The lowest BCUT2D eigenvalue weighted by atomic mass is 10.2. The normalized spacial score (nSPS) is 10.5. The number of anilines is 1. The predicted molar refractivity (Wildman–Crippen MR) is 75.2 cm³/mol. The maximum absolute atomic E-state index is 11.9. The smallest absolute Gasteiger partial charge is 0.271 e. The predicted octanol–water partition coefficient (Wildman–Crippen LogP) is 2.94. The van der Waals surface area contributed by atoms with Crippen LogP contribution in [-0.4, -0.2) is 24.0 Å². The Labute approximate surface area is 113 Å². The topological polar surface area (TPSA) is 54.0 Å². The maximum Gasteiger partial charge on any atom is 0.271 e. The molecule has 1 aromatic heterocycles. The molecule has 4 nitrogen and oxygen atoms in total. The number of carbonyl (C=O) groups is 1. The molecule has 1 amide bonds. The maximum atomic E-state index is 11.9. The van der Waals surface area contributed by atoms with Crippen molar-refractivity contribution >= 4 is 23.3 Å². The lowest BCUT2D eigenvalue weighted by Gasteiger charge is -2.10. The van der Waals surface area contributed by atoms with Crippen molar-refractivity contribution in [3.05, 3.63) is 22.8 Å². The van der Waals surface area contributed by atoms with E-state index < -0.39 is 0 Å². The van der Waals surface area contributed by atoms with Gasteiger partial charge in [0, 0.05) is 13.1 Å². The van der Waals surface area contributed by atoms with Crippen molar-refractivity contribution in [1.29, 1.82) is 0 Å². The zero-order valence-electron chi connectivity index (χ0n) is 11.1. The van der Waals surface area contributed by atoms with E-state index in [9.17, 15) is 4.79 Å². The van der Waals surface area contributed by atoms with E-state index in [-0.39, 0.29) is 11.6 Å². The molecule has 1 aromatic rings. The molecule has 0 aliphatic carbocycles. The summed E-state index contributed by atoms with van der Waals surface area (Å²) in [6, 6.07) is 3.47. The highest BCUT2D eigenvalue weighted by Crippen LogP contribution is 2.16. The minimum absolute atomic E-state index is 0.228. The van der Waals surface area contributed by atoms with Gasteiger partial charge in [-0.1, -0.05) is 32.4 Å². The zero-order valence-corrected chi connectivity index (χ0v) is 11.8. The Bertz CT molecular complexity index is 407. The van der Waals surface area contributed by atoms with Gasteiger partial charge in [-0.3, -0.25) is 4.79 Å². The van der Waals surface area contributed by atoms with Gasteiger partial charge in [0.15, 0.2) is 0 Å². The molecule has 0 aliphatic rings. The van der Waals surface area contributed by atoms with Crippen molar-refractivity contribution in [2.75, 3.05) is 18.4 Å². The number of pyridine rings is 1. The van der Waals surface area contributed by atoms with E-state index in [1.807, 2.05) is 13.8 Å². The molecule has 0 spiro atoms. The van der Waals surface area contributed by atoms with Crippen molar-refractivity contribution in [2.45, 2.75) is 27.2 Å². The molecule has 5 heteroatoms. The summed E-state index contributed by atoms with van der Waals surface area (Å²) in [5, 5.41) is 6.31. The van der Waals surface area contributed by atoms with E-state index in [4.69, 9.17) is 11.6 Å². The van der Waals surface area contributed by atoms with E-state index in [1.54, 1.807) is 12.1 Å². The number of aromatic nitrogens is 1. The van der Waals surface area contributed by atoms with Gasteiger partial charge in [0.05, 0.1) is 5.02 Å². The molecule has 0 aliphatic heterocycles. The third-order valence-electron chi connectivity index (χ3n) is 2.29. The van der Waals surface area contributed by atoms with Crippen molar-refractivity contribution in [3.8, 4) is 0 Å². The standard InChI is InChI=1S/C13H20ClN3O/c1-4-7-15-11-6-5-10(14)12(17-11)13(18)16-8-9(2)3/h5-6,9H,4,7-8H2,1-3H3,(H,15,17)(H,16,18). The Morgan fingerprint density at radius 3 is 2.78 bits per heavy atom. The summed E-state index contributed by atoms with van der Waals surface area (Å²) < 4.78 is 0. The van der Waals surface area contributed by atoms with Crippen molar-refractivity contribution in [3.63, 3.8) is 0 Å². The monoisotopic (exact) mass is 269 g/mol. The molecule has 0 bridgehead atoms. The molecular weight excluding hydrogens is 250 g/mol. The molecule has 1 heterocycles. The van der Waals surface area contributed by atoms with Crippen LogP contribution in [0.2, 0.25) is 5.02 Å². The Morgan fingerprint density at radius 2 is 2.17 bits per heavy atom. The largest absolute Gasteiger partial charge is 0.370 e. The van der Waals surface area contributed by atoms with Crippen LogP contribution in [-0.2, 0) is 0 Å². The molecule has 18 heavy (non-hydrogen) atoms. The molecule has 0 saturated carbocycles. The van der Waals surface area contributed by atoms with Gasteiger partial charge in [0.1, 0.15) is 11.5 Å². The van der Waals surface area contributed by atoms with E-state index >= 15 is 0 Å². The van der Waals surface area contributed by atoms with Crippen LogP contribution >= 0.6 is 11.6 Å². The first-order chi connectivity index (χ1) is 8.54. The third-order valence-corrected chi connectivity index (χ3v) is 2.59. The molecule has 0 unspecified atom stereocenters. The number of nitrogens with one attached hydrogen (secondary N) is 2. The van der Waals surface area contributed by atoms with Crippen LogP contribution in [0.15, 0.2) is 12.1 Å². The highest BCUT2D eigenvalue weighted by molar-refractivity contribution is 6.33. The van der Waals surface area contributed by atoms with Crippen LogP contribution in [0.1, 0.15) is 37.7 Å². The number of hydrogen-bond acceptors (Lipinski definition) is 3. The highest BCUT2D eigenvalue weighted by Gasteiger charge is 2.13. The number of halogens is 1. The highest BCUT2D eigenvalue weighted by atomic mass is 35.5. The van der Waals surface area contributed by atoms with Gasteiger partial charge in [-0.25, -0.2) is 4.98 Å². The Morgan fingerprint density at radius 1 is 1.44 bits per heavy atom. The second kappa shape index (κ2) is 7.21. The Hall–Kier alpha value is -1.29. The van der Waals surface area contributed by atoms with E-state index in [0.29, 0.717) is 23.3 Å². The Balaban J connectivity index is 2.76. The van der Waals surface area contributed by atoms with Crippen LogP contribution in [0.4, 0.5) is 5.82 Å². The van der Waals surface area contributed by atoms with Gasteiger partial charge in [-0.15, -0.1) is 0 Å². The fourth-order valence-corrected chi connectivity index (χ4v) is 1.52. The van der Waals surface area contributed by atoms with Crippen molar-refractivity contribution in [2.24, 2.45) is 5.92 Å². The van der Waals surface area contributed by atoms with Crippen LogP contribution < -0.4 is 10.6 Å². The summed E-state index contributed by atoms with van der Waals surface area (Å²) in [6.45, 7) is 7.58. The third kappa shape index (κ3) is 4.53. The van der Waals surface area contributed by atoms with Gasteiger partial charge >= 0.3 is 0 Å². The summed E-state index contributed by atoms with van der Waals surface area (Å²) >= 11 is 5.99. The first-order valence-corrected chi connectivity index (χ1v) is 6.61. The first-order valence-electron chi connectivity index (χ1n) is 6.23. The summed E-state index contributed by atoms with van der Waals surface area (Å²) in [6.07, 6.45) is 0.999. The molecule has 0 aromatic carbocycles. The summed E-state index contributed by atoms with van der Waals surface area (Å²) in [7, 11) is 0. The molecular formula is C13H20ClN3O. The van der Waals surface area contributed by atoms with Gasteiger partial charge in [0.25, 0.3) is 5.91 Å². The van der Waals surface area contributed by atoms with Crippen LogP contribution in [0, 0.1) is 5.92 Å². The second-order valence-electron chi connectivity index (χ2n) is 4.56. The number of nitrogens with zero attached hydrogens (tertiary/aromatic N) is 1. The number of carbonyl (C=O) groups excluding carboxylic acids is 1. The molecule has 0 radical (unpaired) electrons. The van der Waals surface area contributed by atoms with E-state index in [2.05, 4.69) is 22.5 Å². The average Bonchev–Trinajstić information content (AvgIpc) is 2.35. The lowest BCUT2D eigenvalue weighted by molar-refractivity contribution is 0.0944. The SMILES string of the molecule is CCCNc1ccc(Cl)c(C(=O)NCC(C)C)n1. The molecule has 0 fully saturated rings. The lowest BCUT2D eigenvalue weighted by Crippen LogP contribution is -2.28. The van der Waals surface area contributed by atoms with Crippen LogP contribution in [0.3, 0.4) is 0 Å². The number of amides is 1. The summed E-state index contributed by atoms with van der Waals surface area (Å²) in [4.78, 5) is 16.1. The zero-order chi connectivity index (χ0) is 13.5. The van der Waals surface area contributed by atoms with Gasteiger partial charge in [-0.2, -0.15) is 0 Å². The minimum Gasteiger partial charge on any atom is -0.370 e. The van der Waals surface area contributed by atoms with E-state index in [0.717, 1.165) is 13.0 Å². The molecule has 2 N–H and O–H groups in total. The molecule has 0 atom stereocenters. The van der Waals surface area contributed by atoms with Gasteiger partial charge in [-0.05, 0) is 24.5 Å². The van der Waals surface area contributed by atoms with Gasteiger partial charge < -0.3 is 10.6 Å². The van der Waals surface area contributed by atoms with E-state index in [1.165, 1.54) is 0 Å². The average molecular weight is 270 g/mol. The van der Waals surface area contributed by atoms with Crippen molar-refractivity contribution < 1.29 is 4.79 Å². The van der Waals surface area contributed by atoms with Crippen molar-refractivity contribution in [1.82, 2.24) is 10.3 Å². The quantitative estimate of drug-likeness (QED) is 0.835. The fraction of sp³-hybridized carbons (Fsp3) is 0.538. The molecule has 0 saturated heterocycles. The van der Waals surface area contributed by atoms with Crippen LogP contribution in [0.5, 0.6) is 0 Å². The molecule has 100 valence electrons. The summed E-state index contributed by atoms with van der Waals surface area (Å²) in [5.74, 6) is 0.846. The van der Waals surface area contributed by atoms with Gasteiger partial charge in [0.2, 0.25) is 0 Å². The number of hydrogen-bond donors (Lipinski definition) is 2. The second-order valence-corrected chi connectivity index (χ2v) is 4.96.